The summed E-state index contributed by atoms with van der Waals surface area (Å²) in [6.45, 7) is 0. The van der Waals surface area contributed by atoms with Crippen LogP contribution in [-0.2, 0) is 7.05 Å². The van der Waals surface area contributed by atoms with E-state index in [2.05, 4.69) is 32.2 Å². The highest BCUT2D eigenvalue weighted by atomic mass is 79.9. The number of aryl methyl sites for hydroxylation is 1. The Labute approximate surface area is 118 Å². The number of hydrogen-bond donors (Lipinski definition) is 0. The van der Waals surface area contributed by atoms with Crippen molar-refractivity contribution in [2.24, 2.45) is 7.05 Å². The average Bonchev–Trinajstić information content (AvgIpc) is 2.74. The SMILES string of the molecule is CSc1nc(N(C#N)c2ccc(Br)cc2)n(C)n1. The van der Waals surface area contributed by atoms with Crippen molar-refractivity contribution < 1.29 is 0 Å². The zero-order chi connectivity index (χ0) is 13.1. The van der Waals surface area contributed by atoms with Gasteiger partial charge in [-0.05, 0) is 30.5 Å². The van der Waals surface area contributed by atoms with E-state index < -0.39 is 0 Å². The number of rotatable bonds is 3. The zero-order valence-corrected chi connectivity index (χ0v) is 12.2. The normalized spacial score (nSPS) is 10.1. The second kappa shape index (κ2) is 5.42. The number of thioether (sulfide) groups is 1. The Morgan fingerprint density at radius 2 is 2.06 bits per heavy atom. The largest absolute Gasteiger partial charge is 0.242 e. The summed E-state index contributed by atoms with van der Waals surface area (Å²) in [5.41, 5.74) is 0.754. The van der Waals surface area contributed by atoms with Gasteiger partial charge in [0.25, 0.3) is 0 Å². The van der Waals surface area contributed by atoms with E-state index in [0.29, 0.717) is 11.1 Å². The molecule has 0 atom stereocenters. The van der Waals surface area contributed by atoms with Gasteiger partial charge in [0.2, 0.25) is 11.1 Å². The van der Waals surface area contributed by atoms with Gasteiger partial charge in [-0.2, -0.15) is 10.2 Å². The lowest BCUT2D eigenvalue weighted by atomic mass is 10.3. The van der Waals surface area contributed by atoms with Gasteiger partial charge >= 0.3 is 0 Å². The Morgan fingerprint density at radius 3 is 2.56 bits per heavy atom. The van der Waals surface area contributed by atoms with E-state index in [9.17, 15) is 5.26 Å². The van der Waals surface area contributed by atoms with Crippen molar-refractivity contribution >= 4 is 39.3 Å². The van der Waals surface area contributed by atoms with Crippen molar-refractivity contribution in [3.8, 4) is 6.19 Å². The molecule has 1 aromatic heterocycles. The van der Waals surface area contributed by atoms with E-state index in [1.54, 1.807) is 11.7 Å². The van der Waals surface area contributed by atoms with E-state index in [0.717, 1.165) is 10.2 Å². The number of nitriles is 1. The van der Waals surface area contributed by atoms with Crippen LogP contribution in [0.1, 0.15) is 0 Å². The molecular weight excluding hydrogens is 314 g/mol. The summed E-state index contributed by atoms with van der Waals surface area (Å²) in [4.78, 5) is 5.75. The number of hydrogen-bond acceptors (Lipinski definition) is 5. The van der Waals surface area contributed by atoms with Crippen LogP contribution < -0.4 is 4.90 Å². The first-order valence-corrected chi connectivity index (χ1v) is 7.08. The Bertz CT molecular complexity index is 586. The Morgan fingerprint density at radius 1 is 1.39 bits per heavy atom. The maximum atomic E-state index is 9.28. The monoisotopic (exact) mass is 323 g/mol. The van der Waals surface area contributed by atoms with Crippen molar-refractivity contribution in [3.63, 3.8) is 0 Å². The van der Waals surface area contributed by atoms with Crippen LogP contribution in [0.25, 0.3) is 0 Å². The molecule has 0 bridgehead atoms. The van der Waals surface area contributed by atoms with Crippen LogP contribution in [0.2, 0.25) is 0 Å². The molecule has 18 heavy (non-hydrogen) atoms. The molecule has 1 aromatic carbocycles. The molecule has 0 aliphatic rings. The molecule has 7 heteroatoms. The van der Waals surface area contributed by atoms with E-state index >= 15 is 0 Å². The van der Waals surface area contributed by atoms with Crippen LogP contribution >= 0.6 is 27.7 Å². The number of halogens is 1. The van der Waals surface area contributed by atoms with Crippen molar-refractivity contribution in [3.05, 3.63) is 28.7 Å². The molecule has 0 aliphatic carbocycles. The molecular formula is C11H10BrN5S. The van der Waals surface area contributed by atoms with Crippen molar-refractivity contribution in [2.75, 3.05) is 11.2 Å². The Balaban J connectivity index is 2.42. The highest BCUT2D eigenvalue weighted by Gasteiger charge is 2.16. The summed E-state index contributed by atoms with van der Waals surface area (Å²) in [5.74, 6) is 0.504. The molecule has 1 heterocycles. The molecule has 0 unspecified atom stereocenters. The maximum absolute atomic E-state index is 9.28. The van der Waals surface area contributed by atoms with Crippen LogP contribution in [0.4, 0.5) is 11.6 Å². The van der Waals surface area contributed by atoms with Gasteiger partial charge in [-0.25, -0.2) is 9.58 Å². The Hall–Kier alpha value is -1.52. The quantitative estimate of drug-likeness (QED) is 0.494. The fourth-order valence-corrected chi connectivity index (χ4v) is 2.08. The van der Waals surface area contributed by atoms with Crippen molar-refractivity contribution in [1.82, 2.24) is 14.8 Å². The summed E-state index contributed by atoms with van der Waals surface area (Å²) in [5, 5.41) is 14.1. The molecule has 0 spiro atoms. The van der Waals surface area contributed by atoms with Gasteiger partial charge in [0.15, 0.2) is 6.19 Å². The zero-order valence-electron chi connectivity index (χ0n) is 9.83. The highest BCUT2D eigenvalue weighted by molar-refractivity contribution is 9.10. The summed E-state index contributed by atoms with van der Waals surface area (Å²) >= 11 is 4.81. The molecule has 0 radical (unpaired) electrons. The maximum Gasteiger partial charge on any atom is 0.242 e. The van der Waals surface area contributed by atoms with Gasteiger partial charge in [-0.15, -0.1) is 5.10 Å². The predicted molar refractivity (Wildman–Crippen MR) is 74.7 cm³/mol. The minimum Gasteiger partial charge on any atom is -0.233 e. The summed E-state index contributed by atoms with van der Waals surface area (Å²) in [7, 11) is 1.77. The first-order chi connectivity index (χ1) is 8.65. The lowest BCUT2D eigenvalue weighted by Gasteiger charge is -2.13. The van der Waals surface area contributed by atoms with Gasteiger partial charge in [-0.1, -0.05) is 27.7 Å². The molecule has 2 rings (SSSR count). The van der Waals surface area contributed by atoms with Gasteiger partial charge < -0.3 is 0 Å². The van der Waals surface area contributed by atoms with E-state index in [4.69, 9.17) is 0 Å². The second-order valence-electron chi connectivity index (χ2n) is 3.43. The molecule has 0 fully saturated rings. The first kappa shape index (κ1) is 12.9. The molecule has 0 saturated heterocycles. The second-order valence-corrected chi connectivity index (χ2v) is 5.12. The van der Waals surface area contributed by atoms with E-state index in [-0.39, 0.29) is 0 Å². The fourth-order valence-electron chi connectivity index (χ4n) is 1.44. The van der Waals surface area contributed by atoms with E-state index in [1.165, 1.54) is 16.7 Å². The van der Waals surface area contributed by atoms with Gasteiger partial charge in [0, 0.05) is 11.5 Å². The minimum atomic E-state index is 0.504. The third-order valence-electron chi connectivity index (χ3n) is 2.29. The molecule has 92 valence electrons. The lowest BCUT2D eigenvalue weighted by molar-refractivity contribution is 0.737. The Kier molecular flexibility index (Phi) is 3.89. The van der Waals surface area contributed by atoms with E-state index in [1.807, 2.05) is 30.5 Å². The lowest BCUT2D eigenvalue weighted by Crippen LogP contribution is -2.14. The summed E-state index contributed by atoms with van der Waals surface area (Å²) in [6.07, 6.45) is 4.02. The predicted octanol–water partition coefficient (Wildman–Crippen LogP) is 2.92. The van der Waals surface area contributed by atoms with Crippen LogP contribution in [0.5, 0.6) is 0 Å². The highest BCUT2D eigenvalue weighted by Crippen LogP contribution is 2.25. The van der Waals surface area contributed by atoms with Crippen LogP contribution in [-0.4, -0.2) is 21.0 Å². The number of anilines is 2. The fraction of sp³-hybridized carbons (Fsp3) is 0.182. The van der Waals surface area contributed by atoms with Crippen LogP contribution in [0.3, 0.4) is 0 Å². The van der Waals surface area contributed by atoms with Crippen molar-refractivity contribution in [1.29, 1.82) is 5.26 Å². The molecule has 0 aliphatic heterocycles. The third-order valence-corrected chi connectivity index (χ3v) is 3.35. The van der Waals surface area contributed by atoms with Crippen LogP contribution in [0.15, 0.2) is 33.9 Å². The number of aromatic nitrogens is 3. The van der Waals surface area contributed by atoms with Crippen molar-refractivity contribution in [2.45, 2.75) is 5.16 Å². The summed E-state index contributed by atoms with van der Waals surface area (Å²) in [6, 6.07) is 7.46. The standard InChI is InChI=1S/C11H10BrN5S/c1-16-11(14-10(15-16)18-2)17(7-13)9-5-3-8(12)4-6-9/h3-6H,1-2H3. The number of benzene rings is 1. The molecule has 0 saturated carbocycles. The first-order valence-electron chi connectivity index (χ1n) is 5.06. The van der Waals surface area contributed by atoms with Crippen LogP contribution in [0, 0.1) is 11.5 Å². The van der Waals surface area contributed by atoms with Gasteiger partial charge in [-0.3, -0.25) is 0 Å². The molecule has 0 N–H and O–H groups in total. The van der Waals surface area contributed by atoms with Gasteiger partial charge in [0.1, 0.15) is 0 Å². The molecule has 2 aromatic rings. The molecule has 5 nitrogen and oxygen atoms in total. The summed E-state index contributed by atoms with van der Waals surface area (Å²) < 4.78 is 2.56. The van der Waals surface area contributed by atoms with Gasteiger partial charge in [0.05, 0.1) is 5.69 Å². The molecule has 0 amide bonds. The minimum absolute atomic E-state index is 0.504. The average molecular weight is 324 g/mol. The smallest absolute Gasteiger partial charge is 0.233 e. The third kappa shape index (κ3) is 2.49. The topological polar surface area (TPSA) is 57.7 Å². The number of nitrogens with zero attached hydrogens (tertiary/aromatic N) is 5.